The fourth-order valence-electron chi connectivity index (χ4n) is 3.63. The minimum absolute atomic E-state index is 0.0930. The molecule has 1 unspecified atom stereocenters. The van der Waals surface area contributed by atoms with Crippen LogP contribution >= 0.6 is 0 Å². The second-order valence-electron chi connectivity index (χ2n) is 8.63. The summed E-state index contributed by atoms with van der Waals surface area (Å²) in [6.07, 6.45) is 0. The smallest absolute Gasteiger partial charge is 0.255 e. The van der Waals surface area contributed by atoms with Crippen LogP contribution in [0.3, 0.4) is 0 Å². The average Bonchev–Trinajstić information content (AvgIpc) is 2.68. The average molecular weight is 364 g/mol. The number of fused-ring (bicyclic) bond motifs is 3. The van der Waals surface area contributed by atoms with E-state index in [1.54, 1.807) is 4.90 Å². The number of carbonyl (C=O) groups is 2. The third-order valence-electron chi connectivity index (χ3n) is 4.58. The van der Waals surface area contributed by atoms with Crippen molar-refractivity contribution in [1.29, 1.82) is 0 Å². The Morgan fingerprint density at radius 1 is 1.00 bits per heavy atom. The highest BCUT2D eigenvalue weighted by Crippen LogP contribution is 2.39. The van der Waals surface area contributed by atoms with Gasteiger partial charge < -0.3 is 10.2 Å². The van der Waals surface area contributed by atoms with Crippen LogP contribution in [0.25, 0.3) is 11.1 Å². The van der Waals surface area contributed by atoms with E-state index in [1.807, 2.05) is 69.3 Å². The van der Waals surface area contributed by atoms with Gasteiger partial charge in [0.05, 0.1) is 0 Å². The SMILES string of the molecule is CC(C)CN1C(=O)c2ccccc2-c2ccccc2C1C(=O)NC(C)(C)C. The Bertz CT molecular complexity index is 865. The van der Waals surface area contributed by atoms with E-state index in [1.165, 1.54) is 0 Å². The largest absolute Gasteiger partial charge is 0.349 e. The molecule has 0 saturated carbocycles. The fourth-order valence-corrected chi connectivity index (χ4v) is 3.63. The van der Waals surface area contributed by atoms with Gasteiger partial charge in [-0.05, 0) is 49.4 Å². The Kier molecular flexibility index (Phi) is 5.09. The Morgan fingerprint density at radius 3 is 2.15 bits per heavy atom. The predicted molar refractivity (Wildman–Crippen MR) is 108 cm³/mol. The van der Waals surface area contributed by atoms with Gasteiger partial charge in [-0.15, -0.1) is 0 Å². The second kappa shape index (κ2) is 7.18. The first-order valence-corrected chi connectivity index (χ1v) is 9.50. The van der Waals surface area contributed by atoms with Crippen LogP contribution in [0, 0.1) is 5.92 Å². The van der Waals surface area contributed by atoms with Crippen molar-refractivity contribution in [3.8, 4) is 11.1 Å². The maximum Gasteiger partial charge on any atom is 0.255 e. The molecule has 2 aromatic carbocycles. The molecule has 2 amide bonds. The molecule has 1 aliphatic rings. The van der Waals surface area contributed by atoms with Crippen LogP contribution in [0.2, 0.25) is 0 Å². The minimum atomic E-state index is -0.650. The van der Waals surface area contributed by atoms with Crippen molar-refractivity contribution in [2.24, 2.45) is 5.92 Å². The number of hydrogen-bond donors (Lipinski definition) is 1. The summed E-state index contributed by atoms with van der Waals surface area (Å²) in [5.74, 6) is 0.0117. The molecule has 1 atom stereocenters. The maximum absolute atomic E-state index is 13.5. The first kappa shape index (κ1) is 19.2. The first-order valence-electron chi connectivity index (χ1n) is 9.50. The summed E-state index contributed by atoms with van der Waals surface area (Å²) in [4.78, 5) is 28.5. The number of nitrogens with one attached hydrogen (secondary N) is 1. The number of amides is 2. The lowest BCUT2D eigenvalue weighted by molar-refractivity contribution is -0.127. The summed E-state index contributed by atoms with van der Waals surface area (Å²) < 4.78 is 0. The van der Waals surface area contributed by atoms with Gasteiger partial charge in [0.25, 0.3) is 5.91 Å². The van der Waals surface area contributed by atoms with Gasteiger partial charge in [-0.25, -0.2) is 0 Å². The summed E-state index contributed by atoms with van der Waals surface area (Å²) in [5, 5.41) is 3.08. The van der Waals surface area contributed by atoms with E-state index < -0.39 is 6.04 Å². The molecule has 0 aromatic heterocycles. The highest BCUT2D eigenvalue weighted by atomic mass is 16.2. The Morgan fingerprint density at radius 2 is 1.56 bits per heavy atom. The normalized spacial score (nSPS) is 16.6. The zero-order valence-corrected chi connectivity index (χ0v) is 16.7. The number of benzene rings is 2. The molecule has 0 radical (unpaired) electrons. The van der Waals surface area contributed by atoms with Gasteiger partial charge in [0.1, 0.15) is 6.04 Å². The highest BCUT2D eigenvalue weighted by Gasteiger charge is 2.38. The van der Waals surface area contributed by atoms with E-state index in [0.29, 0.717) is 12.1 Å². The second-order valence-corrected chi connectivity index (χ2v) is 8.63. The van der Waals surface area contributed by atoms with Crippen LogP contribution in [0.4, 0.5) is 0 Å². The molecular weight excluding hydrogens is 336 g/mol. The molecule has 4 nitrogen and oxygen atoms in total. The zero-order valence-electron chi connectivity index (χ0n) is 16.7. The molecular formula is C23H28N2O2. The van der Waals surface area contributed by atoms with Crippen molar-refractivity contribution in [2.45, 2.75) is 46.2 Å². The molecule has 1 aliphatic heterocycles. The number of rotatable bonds is 3. The molecule has 3 rings (SSSR count). The third kappa shape index (κ3) is 3.90. The van der Waals surface area contributed by atoms with Crippen LogP contribution in [0.1, 0.15) is 56.6 Å². The Labute approximate surface area is 161 Å². The summed E-state index contributed by atoms with van der Waals surface area (Å²) in [7, 11) is 0. The van der Waals surface area contributed by atoms with Gasteiger partial charge in [0.15, 0.2) is 0 Å². The van der Waals surface area contributed by atoms with E-state index in [2.05, 4.69) is 19.2 Å². The summed E-state index contributed by atoms with van der Waals surface area (Å²) in [6, 6.07) is 14.8. The molecule has 0 fully saturated rings. The first-order chi connectivity index (χ1) is 12.7. The van der Waals surface area contributed by atoms with Crippen molar-refractivity contribution in [2.75, 3.05) is 6.54 Å². The molecule has 0 bridgehead atoms. The molecule has 1 N–H and O–H groups in total. The van der Waals surface area contributed by atoms with E-state index in [4.69, 9.17) is 0 Å². The summed E-state index contributed by atoms with van der Waals surface area (Å²) in [6.45, 7) is 10.5. The van der Waals surface area contributed by atoms with E-state index in [-0.39, 0.29) is 23.3 Å². The number of hydrogen-bond acceptors (Lipinski definition) is 2. The molecule has 142 valence electrons. The van der Waals surface area contributed by atoms with E-state index >= 15 is 0 Å². The standard InChI is InChI=1S/C23H28N2O2/c1-15(2)14-25-20(21(26)24-23(3,4)5)18-12-8-6-10-16(18)17-11-7-9-13-19(17)22(25)27/h6-13,15,20H,14H2,1-5H3,(H,24,26). The van der Waals surface area contributed by atoms with Gasteiger partial charge in [0, 0.05) is 17.6 Å². The molecule has 4 heteroatoms. The quantitative estimate of drug-likeness (QED) is 0.876. The predicted octanol–water partition coefficient (Wildman–Crippen LogP) is 4.42. The lowest BCUT2D eigenvalue weighted by Crippen LogP contribution is -2.49. The number of carbonyl (C=O) groups excluding carboxylic acids is 2. The van der Waals surface area contributed by atoms with Crippen LogP contribution in [-0.4, -0.2) is 28.8 Å². The molecule has 27 heavy (non-hydrogen) atoms. The molecule has 0 aliphatic carbocycles. The fraction of sp³-hybridized carbons (Fsp3) is 0.391. The Hall–Kier alpha value is -2.62. The highest BCUT2D eigenvalue weighted by molar-refractivity contribution is 6.06. The van der Waals surface area contributed by atoms with Crippen molar-refractivity contribution in [1.82, 2.24) is 10.2 Å². The minimum Gasteiger partial charge on any atom is -0.349 e. The van der Waals surface area contributed by atoms with Gasteiger partial charge in [-0.3, -0.25) is 9.59 Å². The van der Waals surface area contributed by atoms with Crippen molar-refractivity contribution < 1.29 is 9.59 Å². The summed E-state index contributed by atoms with van der Waals surface area (Å²) in [5.41, 5.74) is 2.98. The van der Waals surface area contributed by atoms with Gasteiger partial charge in [-0.1, -0.05) is 56.3 Å². The van der Waals surface area contributed by atoms with Crippen LogP contribution in [-0.2, 0) is 4.79 Å². The molecule has 2 aromatic rings. The molecule has 1 heterocycles. The van der Waals surface area contributed by atoms with Crippen molar-refractivity contribution in [3.63, 3.8) is 0 Å². The van der Waals surface area contributed by atoms with E-state index in [0.717, 1.165) is 16.7 Å². The monoisotopic (exact) mass is 364 g/mol. The van der Waals surface area contributed by atoms with Gasteiger partial charge in [-0.2, -0.15) is 0 Å². The van der Waals surface area contributed by atoms with Crippen molar-refractivity contribution >= 4 is 11.8 Å². The molecule has 0 spiro atoms. The van der Waals surface area contributed by atoms with Crippen molar-refractivity contribution in [3.05, 3.63) is 59.7 Å². The van der Waals surface area contributed by atoms with Crippen LogP contribution in [0.15, 0.2) is 48.5 Å². The lowest BCUT2D eigenvalue weighted by atomic mass is 9.93. The third-order valence-corrected chi connectivity index (χ3v) is 4.58. The number of nitrogens with zero attached hydrogens (tertiary/aromatic N) is 1. The zero-order chi connectivity index (χ0) is 19.8. The van der Waals surface area contributed by atoms with Crippen LogP contribution < -0.4 is 5.32 Å². The topological polar surface area (TPSA) is 49.4 Å². The van der Waals surface area contributed by atoms with Gasteiger partial charge in [0.2, 0.25) is 5.91 Å². The Balaban J connectivity index is 2.23. The molecule has 0 saturated heterocycles. The summed E-state index contributed by atoms with van der Waals surface area (Å²) >= 11 is 0. The van der Waals surface area contributed by atoms with Gasteiger partial charge >= 0.3 is 0 Å². The maximum atomic E-state index is 13.5. The lowest BCUT2D eigenvalue weighted by Gasteiger charge is -2.34. The van der Waals surface area contributed by atoms with E-state index in [9.17, 15) is 9.59 Å². The van der Waals surface area contributed by atoms with Crippen LogP contribution in [0.5, 0.6) is 0 Å².